The van der Waals surface area contributed by atoms with Gasteiger partial charge in [0.2, 0.25) is 0 Å². The van der Waals surface area contributed by atoms with E-state index in [1.807, 2.05) is 0 Å². The molecule has 0 heterocycles. The Morgan fingerprint density at radius 1 is 0.561 bits per heavy atom. The summed E-state index contributed by atoms with van der Waals surface area (Å²) in [5.41, 5.74) is 0. The predicted octanol–water partition coefficient (Wildman–Crippen LogP) is 13.0. The summed E-state index contributed by atoms with van der Waals surface area (Å²) in [6, 6.07) is 0. The Hall–Kier alpha value is -1.58. The topological polar surface area (TPSA) is 132 Å². The maximum atomic E-state index is 12.6. The highest BCUT2D eigenvalue weighted by Crippen LogP contribution is 2.43. The molecule has 0 spiro atoms. The molecule has 0 aliphatic carbocycles. The third-order valence-corrected chi connectivity index (χ3v) is 10.7. The molecule has 0 radical (unpaired) electrons. The van der Waals surface area contributed by atoms with Crippen LogP contribution in [0, 0.1) is 0 Å². The highest BCUT2D eigenvalue weighted by molar-refractivity contribution is 7.47. The number of unbranched alkanes of at least 4 members (excludes halogenated alkanes) is 22. The van der Waals surface area contributed by atoms with Gasteiger partial charge < -0.3 is 24.6 Å². The molecule has 334 valence electrons. The molecule has 0 aromatic carbocycles. The average molecular weight is 827 g/mol. The smallest absolute Gasteiger partial charge is 0.457 e. The van der Waals surface area contributed by atoms with Gasteiger partial charge in [0.25, 0.3) is 0 Å². The van der Waals surface area contributed by atoms with Gasteiger partial charge in [-0.2, -0.15) is 0 Å². The fourth-order valence-electron chi connectivity index (χ4n) is 6.30. The number of esters is 1. The van der Waals surface area contributed by atoms with Crippen molar-refractivity contribution in [3.8, 4) is 0 Å². The number of carbonyl (C=O) groups excluding carboxylic acids is 1. The van der Waals surface area contributed by atoms with E-state index in [0.29, 0.717) is 6.61 Å². The van der Waals surface area contributed by atoms with Crippen LogP contribution in [0.4, 0.5) is 0 Å². The molecule has 10 heteroatoms. The first-order valence-electron chi connectivity index (χ1n) is 23.1. The van der Waals surface area contributed by atoms with Crippen molar-refractivity contribution in [3.05, 3.63) is 48.6 Å². The summed E-state index contributed by atoms with van der Waals surface area (Å²) in [6.07, 6.45) is 49.5. The van der Waals surface area contributed by atoms with Gasteiger partial charge in [0.15, 0.2) is 0 Å². The lowest BCUT2D eigenvalue weighted by Gasteiger charge is -2.20. The molecule has 0 aliphatic rings. The fraction of sp³-hybridized carbons (Fsp3) is 0.809. The molecule has 0 aliphatic heterocycles. The average Bonchev–Trinajstić information content (AvgIpc) is 3.20. The van der Waals surface area contributed by atoms with Crippen LogP contribution in [0.3, 0.4) is 0 Å². The molecule has 0 amide bonds. The Labute approximate surface area is 349 Å². The number of phosphoric acid groups is 1. The molecular weight excluding hydrogens is 739 g/mol. The van der Waals surface area contributed by atoms with Crippen LogP contribution in [0.15, 0.2) is 48.6 Å². The van der Waals surface area contributed by atoms with Gasteiger partial charge in [0.1, 0.15) is 12.2 Å². The number of phosphoric ester groups is 1. The van der Waals surface area contributed by atoms with Gasteiger partial charge in [0, 0.05) is 13.0 Å². The minimum absolute atomic E-state index is 0.0125. The van der Waals surface area contributed by atoms with Crippen molar-refractivity contribution in [2.45, 2.75) is 212 Å². The first kappa shape index (κ1) is 55.4. The van der Waals surface area contributed by atoms with E-state index in [-0.39, 0.29) is 13.0 Å². The Morgan fingerprint density at radius 3 is 1.44 bits per heavy atom. The molecule has 0 aromatic rings. The third-order valence-electron chi connectivity index (χ3n) is 9.78. The lowest BCUT2D eigenvalue weighted by Crippen LogP contribution is -2.29. The highest BCUT2D eigenvalue weighted by Gasteiger charge is 2.26. The van der Waals surface area contributed by atoms with Crippen LogP contribution in [0.1, 0.15) is 200 Å². The number of rotatable bonds is 44. The van der Waals surface area contributed by atoms with E-state index in [2.05, 4.69) is 62.5 Å². The molecule has 3 N–H and O–H groups in total. The Bertz CT molecular complexity index is 1030. The van der Waals surface area contributed by atoms with Crippen LogP contribution in [-0.4, -0.2) is 66.3 Å². The lowest BCUT2D eigenvalue weighted by atomic mass is 10.0. The predicted molar refractivity (Wildman–Crippen MR) is 237 cm³/mol. The summed E-state index contributed by atoms with van der Waals surface area (Å²) in [6.45, 7) is 3.27. The molecule has 3 unspecified atom stereocenters. The summed E-state index contributed by atoms with van der Waals surface area (Å²) in [7, 11) is -4.53. The Balaban J connectivity index is 4.12. The second-order valence-corrected chi connectivity index (χ2v) is 16.9. The number of carbonyl (C=O) groups is 1. The molecule has 0 bridgehead atoms. The van der Waals surface area contributed by atoms with Crippen molar-refractivity contribution in [3.63, 3.8) is 0 Å². The van der Waals surface area contributed by atoms with E-state index < -0.39 is 45.8 Å². The van der Waals surface area contributed by atoms with Crippen molar-refractivity contribution in [1.82, 2.24) is 0 Å². The zero-order chi connectivity index (χ0) is 41.8. The van der Waals surface area contributed by atoms with Gasteiger partial charge in [-0.15, -0.1) is 0 Å². The van der Waals surface area contributed by atoms with Crippen molar-refractivity contribution in [2.75, 3.05) is 33.0 Å². The second kappa shape index (κ2) is 44.0. The summed E-state index contributed by atoms with van der Waals surface area (Å²) in [5.74, 6) is -0.399. The fourth-order valence-corrected chi connectivity index (χ4v) is 7.09. The first-order chi connectivity index (χ1) is 27.8. The van der Waals surface area contributed by atoms with Gasteiger partial charge in [-0.3, -0.25) is 13.8 Å². The minimum Gasteiger partial charge on any atom is -0.457 e. The van der Waals surface area contributed by atoms with Gasteiger partial charge in [-0.1, -0.05) is 197 Å². The largest absolute Gasteiger partial charge is 0.472 e. The Morgan fingerprint density at radius 2 is 0.982 bits per heavy atom. The van der Waals surface area contributed by atoms with E-state index in [0.717, 1.165) is 57.8 Å². The lowest BCUT2D eigenvalue weighted by molar-refractivity contribution is -0.154. The summed E-state index contributed by atoms with van der Waals surface area (Å²) >= 11 is 0. The van der Waals surface area contributed by atoms with Crippen LogP contribution < -0.4 is 0 Å². The highest BCUT2D eigenvalue weighted by atomic mass is 31.2. The van der Waals surface area contributed by atoms with E-state index in [1.54, 1.807) is 0 Å². The molecule has 57 heavy (non-hydrogen) atoms. The van der Waals surface area contributed by atoms with Crippen molar-refractivity contribution < 1.29 is 43.0 Å². The van der Waals surface area contributed by atoms with Crippen molar-refractivity contribution in [2.24, 2.45) is 0 Å². The molecule has 9 nitrogen and oxygen atoms in total. The molecule has 0 saturated carbocycles. The van der Waals surface area contributed by atoms with E-state index in [4.69, 9.17) is 23.6 Å². The van der Waals surface area contributed by atoms with Gasteiger partial charge >= 0.3 is 13.8 Å². The third kappa shape index (κ3) is 43.8. The molecule has 0 fully saturated rings. The number of aliphatic hydroxyl groups is 2. The SMILES string of the molecule is CC/C=C\C/C=C\C/C=C\C/C=C\CCCOCC(COP(=O)(O)OCC(O)CO)OC(=O)CCCCCCCCCCCCCCCCCCCCCCCC. The summed E-state index contributed by atoms with van der Waals surface area (Å²) in [5, 5.41) is 18.4. The van der Waals surface area contributed by atoms with E-state index in [1.165, 1.54) is 122 Å². The second-order valence-electron chi connectivity index (χ2n) is 15.4. The van der Waals surface area contributed by atoms with Crippen LogP contribution in [0.25, 0.3) is 0 Å². The van der Waals surface area contributed by atoms with E-state index in [9.17, 15) is 19.4 Å². The van der Waals surface area contributed by atoms with E-state index >= 15 is 0 Å². The number of aliphatic hydroxyl groups excluding tert-OH is 2. The zero-order valence-corrected chi connectivity index (χ0v) is 37.4. The summed E-state index contributed by atoms with van der Waals surface area (Å²) in [4.78, 5) is 22.6. The van der Waals surface area contributed by atoms with Crippen LogP contribution >= 0.6 is 7.82 Å². The van der Waals surface area contributed by atoms with Crippen LogP contribution in [0.5, 0.6) is 0 Å². The number of allylic oxidation sites excluding steroid dienone is 8. The van der Waals surface area contributed by atoms with Crippen molar-refractivity contribution >= 4 is 13.8 Å². The maximum Gasteiger partial charge on any atom is 0.472 e. The quantitative estimate of drug-likeness (QED) is 0.0238. The standard InChI is InChI=1S/C47H87O9P/c1-3-5-7-9-11-13-15-17-19-20-21-22-23-24-25-26-27-29-31-33-35-37-39-47(50)56-46(44-55-57(51,52)54-42-45(49)41-48)43-53-40-38-36-34-32-30-28-18-16-14-12-10-8-6-4-2/h6,8,12,14,18,28,32,34,45-46,48-49H,3-5,7,9-11,13,15-17,19-27,29-31,33,35-44H2,1-2H3,(H,51,52)/b8-6-,14-12-,28-18-,34-32-. The van der Waals surface area contributed by atoms with Gasteiger partial charge in [-0.25, -0.2) is 4.57 Å². The van der Waals surface area contributed by atoms with Crippen LogP contribution in [0.2, 0.25) is 0 Å². The zero-order valence-electron chi connectivity index (χ0n) is 36.6. The maximum absolute atomic E-state index is 12.6. The number of ether oxygens (including phenoxy) is 2. The summed E-state index contributed by atoms with van der Waals surface area (Å²) < 4.78 is 33.3. The monoisotopic (exact) mass is 827 g/mol. The molecule has 0 saturated heterocycles. The molecule has 3 atom stereocenters. The minimum atomic E-state index is -4.53. The number of hydrogen-bond donors (Lipinski definition) is 3. The molecule has 0 aromatic heterocycles. The van der Waals surface area contributed by atoms with Crippen LogP contribution in [-0.2, 0) is 27.9 Å². The van der Waals surface area contributed by atoms with Gasteiger partial charge in [-0.05, 0) is 44.9 Å². The van der Waals surface area contributed by atoms with Gasteiger partial charge in [0.05, 0.1) is 26.4 Å². The van der Waals surface area contributed by atoms with Crippen molar-refractivity contribution in [1.29, 1.82) is 0 Å². The normalized spacial score (nSPS) is 14.4. The Kier molecular flexibility index (Phi) is 42.8. The molecular formula is C47H87O9P. The molecule has 0 rings (SSSR count). The first-order valence-corrected chi connectivity index (χ1v) is 24.6. The number of hydrogen-bond acceptors (Lipinski definition) is 8.